The quantitative estimate of drug-likeness (QED) is 0.739. The minimum absolute atomic E-state index is 0.687. The summed E-state index contributed by atoms with van der Waals surface area (Å²) in [7, 11) is 0. The molecule has 0 amide bonds. The van der Waals surface area contributed by atoms with Crippen molar-refractivity contribution in [2.75, 3.05) is 19.6 Å². The van der Waals surface area contributed by atoms with E-state index in [2.05, 4.69) is 31.0 Å². The largest absolute Gasteiger partial charge is 0.311 e. The van der Waals surface area contributed by atoms with Crippen LogP contribution in [0.25, 0.3) is 0 Å². The molecule has 0 spiro atoms. The molecule has 0 radical (unpaired) electrons. The highest BCUT2D eigenvalue weighted by Gasteiger charge is 2.36. The summed E-state index contributed by atoms with van der Waals surface area (Å²) in [6, 6.07) is 1.48. The van der Waals surface area contributed by atoms with Crippen LogP contribution < -0.4 is 5.32 Å². The molecule has 2 aliphatic rings. The number of nitrogens with one attached hydrogen (secondary N) is 1. The van der Waals surface area contributed by atoms with Gasteiger partial charge in [-0.05, 0) is 31.6 Å². The molecule has 1 aliphatic heterocycles. The molecule has 4 unspecified atom stereocenters. The van der Waals surface area contributed by atoms with Crippen molar-refractivity contribution in [2.45, 2.75) is 45.7 Å². The Hall–Kier alpha value is -0.0800. The molecule has 4 atom stereocenters. The first-order valence-electron chi connectivity index (χ1n) is 6.18. The van der Waals surface area contributed by atoms with E-state index in [1.54, 1.807) is 0 Å². The molecule has 82 valence electrons. The number of hydrogen-bond acceptors (Lipinski definition) is 2. The van der Waals surface area contributed by atoms with Crippen molar-refractivity contribution in [1.29, 1.82) is 0 Å². The van der Waals surface area contributed by atoms with Crippen molar-refractivity contribution in [3.05, 3.63) is 0 Å². The monoisotopic (exact) mass is 196 g/mol. The lowest BCUT2D eigenvalue weighted by Gasteiger charge is -2.39. The van der Waals surface area contributed by atoms with Crippen molar-refractivity contribution in [3.63, 3.8) is 0 Å². The maximum atomic E-state index is 3.58. The minimum atomic E-state index is 0.687. The van der Waals surface area contributed by atoms with Gasteiger partial charge in [-0.3, -0.25) is 4.90 Å². The molecule has 2 rings (SSSR count). The molecular formula is C12H24N2. The van der Waals surface area contributed by atoms with Crippen LogP contribution in [0.3, 0.4) is 0 Å². The summed E-state index contributed by atoms with van der Waals surface area (Å²) in [6.45, 7) is 10.8. The van der Waals surface area contributed by atoms with Gasteiger partial charge < -0.3 is 5.32 Å². The molecule has 1 saturated heterocycles. The second-order valence-electron chi connectivity index (χ2n) is 5.30. The van der Waals surface area contributed by atoms with Gasteiger partial charge in [0.15, 0.2) is 0 Å². The van der Waals surface area contributed by atoms with Crippen molar-refractivity contribution in [2.24, 2.45) is 11.8 Å². The van der Waals surface area contributed by atoms with Crippen LogP contribution in [0.1, 0.15) is 33.6 Å². The van der Waals surface area contributed by atoms with E-state index in [9.17, 15) is 0 Å². The van der Waals surface area contributed by atoms with E-state index in [4.69, 9.17) is 0 Å². The summed E-state index contributed by atoms with van der Waals surface area (Å²) in [5.41, 5.74) is 0. The molecule has 1 saturated carbocycles. The second-order valence-corrected chi connectivity index (χ2v) is 5.30. The van der Waals surface area contributed by atoms with E-state index in [0.29, 0.717) is 6.04 Å². The lowest BCUT2D eigenvalue weighted by atomic mass is 10.1. The summed E-state index contributed by atoms with van der Waals surface area (Å²) < 4.78 is 0. The van der Waals surface area contributed by atoms with E-state index < -0.39 is 0 Å². The van der Waals surface area contributed by atoms with E-state index in [1.807, 2.05) is 0 Å². The van der Waals surface area contributed by atoms with Gasteiger partial charge in [-0.1, -0.05) is 13.8 Å². The Morgan fingerprint density at radius 1 is 1.36 bits per heavy atom. The normalized spacial score (nSPS) is 43.9. The van der Waals surface area contributed by atoms with Crippen LogP contribution in [-0.4, -0.2) is 36.6 Å². The zero-order chi connectivity index (χ0) is 10.1. The van der Waals surface area contributed by atoms with Gasteiger partial charge in [0, 0.05) is 31.7 Å². The highest BCUT2D eigenvalue weighted by Crippen LogP contribution is 2.38. The van der Waals surface area contributed by atoms with Crippen LogP contribution in [0.5, 0.6) is 0 Å². The third-order valence-electron chi connectivity index (χ3n) is 3.94. The molecule has 1 heterocycles. The van der Waals surface area contributed by atoms with Gasteiger partial charge in [-0.2, -0.15) is 0 Å². The Morgan fingerprint density at radius 3 is 2.64 bits per heavy atom. The SMILES string of the molecule is CCC1CNC(C)CN1CC1CC1C. The van der Waals surface area contributed by atoms with Gasteiger partial charge >= 0.3 is 0 Å². The average molecular weight is 196 g/mol. The number of hydrogen-bond donors (Lipinski definition) is 1. The number of nitrogens with zero attached hydrogens (tertiary/aromatic N) is 1. The predicted molar refractivity (Wildman–Crippen MR) is 60.4 cm³/mol. The fraction of sp³-hybridized carbons (Fsp3) is 1.00. The van der Waals surface area contributed by atoms with Gasteiger partial charge in [0.05, 0.1) is 0 Å². The molecule has 0 aromatic heterocycles. The van der Waals surface area contributed by atoms with Gasteiger partial charge in [0.25, 0.3) is 0 Å². The van der Waals surface area contributed by atoms with Crippen LogP contribution in [0.2, 0.25) is 0 Å². The first kappa shape index (κ1) is 10.4. The van der Waals surface area contributed by atoms with E-state index >= 15 is 0 Å². The molecule has 1 N–H and O–H groups in total. The fourth-order valence-electron chi connectivity index (χ4n) is 2.61. The standard InChI is InChI=1S/C12H24N2/c1-4-12-6-13-10(3)7-14(12)8-11-5-9(11)2/h9-13H,4-8H2,1-3H3. The molecule has 2 heteroatoms. The summed E-state index contributed by atoms with van der Waals surface area (Å²) in [6.07, 6.45) is 2.76. The van der Waals surface area contributed by atoms with Gasteiger partial charge in [-0.25, -0.2) is 0 Å². The van der Waals surface area contributed by atoms with Crippen molar-refractivity contribution in [3.8, 4) is 0 Å². The molecule has 2 nitrogen and oxygen atoms in total. The van der Waals surface area contributed by atoms with Gasteiger partial charge in [-0.15, -0.1) is 0 Å². The Morgan fingerprint density at radius 2 is 2.07 bits per heavy atom. The Labute approximate surface area is 88.1 Å². The lowest BCUT2D eigenvalue weighted by Crippen LogP contribution is -2.55. The van der Waals surface area contributed by atoms with Crippen molar-refractivity contribution >= 4 is 0 Å². The van der Waals surface area contributed by atoms with E-state index in [0.717, 1.165) is 17.9 Å². The molecule has 0 aromatic rings. The van der Waals surface area contributed by atoms with Crippen LogP contribution >= 0.6 is 0 Å². The van der Waals surface area contributed by atoms with Crippen LogP contribution in [0.15, 0.2) is 0 Å². The molecular weight excluding hydrogens is 172 g/mol. The zero-order valence-electron chi connectivity index (χ0n) is 9.79. The third-order valence-corrected chi connectivity index (χ3v) is 3.94. The lowest BCUT2D eigenvalue weighted by molar-refractivity contribution is 0.124. The van der Waals surface area contributed by atoms with Crippen molar-refractivity contribution in [1.82, 2.24) is 10.2 Å². The fourth-order valence-corrected chi connectivity index (χ4v) is 2.61. The Kier molecular flexibility index (Phi) is 3.13. The molecule has 2 fully saturated rings. The average Bonchev–Trinajstić information content (AvgIpc) is 2.82. The van der Waals surface area contributed by atoms with Crippen molar-refractivity contribution < 1.29 is 0 Å². The summed E-state index contributed by atoms with van der Waals surface area (Å²) >= 11 is 0. The third kappa shape index (κ3) is 2.29. The van der Waals surface area contributed by atoms with E-state index in [-0.39, 0.29) is 0 Å². The number of piperazine rings is 1. The summed E-state index contributed by atoms with van der Waals surface area (Å²) in [5, 5.41) is 3.58. The molecule has 0 bridgehead atoms. The second kappa shape index (κ2) is 4.19. The predicted octanol–water partition coefficient (Wildman–Crippen LogP) is 1.71. The maximum Gasteiger partial charge on any atom is 0.0218 e. The molecule has 14 heavy (non-hydrogen) atoms. The van der Waals surface area contributed by atoms with Crippen LogP contribution in [0, 0.1) is 11.8 Å². The van der Waals surface area contributed by atoms with E-state index in [1.165, 1.54) is 32.5 Å². The number of rotatable bonds is 3. The van der Waals surface area contributed by atoms with Gasteiger partial charge in [0.2, 0.25) is 0 Å². The first-order valence-corrected chi connectivity index (χ1v) is 6.18. The first-order chi connectivity index (χ1) is 6.70. The van der Waals surface area contributed by atoms with Crippen LogP contribution in [-0.2, 0) is 0 Å². The smallest absolute Gasteiger partial charge is 0.0218 e. The summed E-state index contributed by atoms with van der Waals surface area (Å²) in [4.78, 5) is 2.72. The Balaban J connectivity index is 1.85. The van der Waals surface area contributed by atoms with Gasteiger partial charge in [0.1, 0.15) is 0 Å². The molecule has 1 aliphatic carbocycles. The zero-order valence-corrected chi connectivity index (χ0v) is 9.79. The highest BCUT2D eigenvalue weighted by molar-refractivity contribution is 4.90. The Bertz CT molecular complexity index is 193. The highest BCUT2D eigenvalue weighted by atomic mass is 15.2. The van der Waals surface area contributed by atoms with Crippen LogP contribution in [0.4, 0.5) is 0 Å². The summed E-state index contributed by atoms with van der Waals surface area (Å²) in [5.74, 6) is 2.01. The maximum absolute atomic E-state index is 3.58. The minimum Gasteiger partial charge on any atom is -0.311 e. The molecule has 0 aromatic carbocycles. The topological polar surface area (TPSA) is 15.3 Å².